The highest BCUT2D eigenvalue weighted by atomic mass is 35.5. The number of carbonyl (C=O) groups excluding carboxylic acids is 1. The van der Waals surface area contributed by atoms with Crippen LogP contribution in [0.1, 0.15) is 63.6 Å². The molecule has 3 aromatic rings. The largest absolute Gasteiger partial charge is 0.492 e. The van der Waals surface area contributed by atoms with Gasteiger partial charge < -0.3 is 24.1 Å². The molecule has 1 aromatic heterocycles. The zero-order chi connectivity index (χ0) is 29.8. The first kappa shape index (κ1) is 29.8. The van der Waals surface area contributed by atoms with Gasteiger partial charge >= 0.3 is 18.6 Å². The Balaban J connectivity index is 1.46. The van der Waals surface area contributed by atoms with E-state index in [4.69, 9.17) is 37.4 Å². The fourth-order valence-electron chi connectivity index (χ4n) is 4.20. The van der Waals surface area contributed by atoms with Crippen molar-refractivity contribution in [3.05, 3.63) is 81.1 Å². The molecule has 0 amide bonds. The topological polar surface area (TPSA) is 104 Å². The van der Waals surface area contributed by atoms with Crippen LogP contribution in [-0.4, -0.2) is 41.9 Å². The summed E-state index contributed by atoms with van der Waals surface area (Å²) < 4.78 is 48.3. The molecular formula is C30H27Cl2F2NO7. The summed E-state index contributed by atoms with van der Waals surface area (Å²) >= 11 is 12.7. The number of rotatable bonds is 14. The van der Waals surface area contributed by atoms with Crippen molar-refractivity contribution < 1.29 is 42.4 Å². The fourth-order valence-corrected chi connectivity index (χ4v) is 4.72. The zero-order valence-corrected chi connectivity index (χ0v) is 23.7. The maximum absolute atomic E-state index is 13.4. The molecule has 5 rings (SSSR count). The Morgan fingerprint density at radius 3 is 2.14 bits per heavy atom. The summed E-state index contributed by atoms with van der Waals surface area (Å²) in [6, 6.07) is 8.25. The molecule has 2 fully saturated rings. The van der Waals surface area contributed by atoms with Crippen LogP contribution in [-0.2, 0) is 11.2 Å². The highest BCUT2D eigenvalue weighted by Gasteiger charge is 2.27. The minimum absolute atomic E-state index is 0.0152. The summed E-state index contributed by atoms with van der Waals surface area (Å²) in [4.78, 5) is 29.1. The Bertz CT molecular complexity index is 1440. The van der Waals surface area contributed by atoms with Crippen LogP contribution in [0.25, 0.3) is 0 Å². The number of aromatic carboxylic acids is 1. The van der Waals surface area contributed by atoms with E-state index in [0.29, 0.717) is 36.2 Å². The second-order valence-electron chi connectivity index (χ2n) is 10.3. The van der Waals surface area contributed by atoms with E-state index in [0.717, 1.165) is 25.7 Å². The molecule has 0 aliphatic heterocycles. The Labute approximate surface area is 250 Å². The number of benzene rings is 2. The highest BCUT2D eigenvalue weighted by Crippen LogP contribution is 2.38. The number of pyridine rings is 1. The number of halogens is 4. The van der Waals surface area contributed by atoms with E-state index in [9.17, 15) is 23.5 Å². The van der Waals surface area contributed by atoms with E-state index in [-0.39, 0.29) is 44.8 Å². The summed E-state index contributed by atoms with van der Waals surface area (Å²) in [5.74, 6) is -1.29. The van der Waals surface area contributed by atoms with Crippen molar-refractivity contribution in [2.45, 2.75) is 44.8 Å². The number of aromatic nitrogens is 1. The summed E-state index contributed by atoms with van der Waals surface area (Å²) in [7, 11) is 0. The van der Waals surface area contributed by atoms with E-state index < -0.39 is 24.7 Å². The molecule has 42 heavy (non-hydrogen) atoms. The minimum Gasteiger partial charge on any atom is -0.492 e. The average Bonchev–Trinajstić information content (AvgIpc) is 3.88. The SMILES string of the molecule is O=C(OC(Cc1c(Cl)cncc1Cl)c1ccc(OC(F)F)c(OCC2CC2)c1)c1ccc(C(=O)O)c(OCC2CC2)c1. The lowest BCUT2D eigenvalue weighted by Gasteiger charge is -2.22. The van der Waals surface area contributed by atoms with E-state index in [1.807, 2.05) is 0 Å². The molecule has 0 spiro atoms. The van der Waals surface area contributed by atoms with Crippen LogP contribution >= 0.6 is 23.2 Å². The van der Waals surface area contributed by atoms with Crippen LogP contribution in [0.4, 0.5) is 8.78 Å². The van der Waals surface area contributed by atoms with Gasteiger partial charge in [0.05, 0.1) is 28.8 Å². The van der Waals surface area contributed by atoms with Gasteiger partial charge in [0.1, 0.15) is 17.4 Å². The van der Waals surface area contributed by atoms with Crippen LogP contribution in [0, 0.1) is 11.8 Å². The molecule has 1 N–H and O–H groups in total. The molecule has 2 aliphatic rings. The van der Waals surface area contributed by atoms with Crippen LogP contribution in [0.5, 0.6) is 17.2 Å². The Morgan fingerprint density at radius 2 is 1.55 bits per heavy atom. The molecule has 2 saturated carbocycles. The van der Waals surface area contributed by atoms with Crippen molar-refractivity contribution in [2.75, 3.05) is 13.2 Å². The molecule has 2 aliphatic carbocycles. The summed E-state index contributed by atoms with van der Waals surface area (Å²) in [5.41, 5.74) is 0.845. The number of carbonyl (C=O) groups is 2. The van der Waals surface area contributed by atoms with Gasteiger partial charge in [0.15, 0.2) is 11.5 Å². The highest BCUT2D eigenvalue weighted by molar-refractivity contribution is 6.35. The number of ether oxygens (including phenoxy) is 4. The fraction of sp³-hybridized carbons (Fsp3) is 0.367. The standard InChI is InChI=1S/C30H27Cl2F2NO7/c31-22-12-35-13-23(32)21(22)11-25(18-6-8-24(42-30(33)34)27(9-18)40-15-17-3-4-17)41-29(38)19-5-7-20(28(36)37)26(10-19)39-14-16-1-2-16/h5-10,12-13,16-17,25,30H,1-4,11,14-15H2,(H,36,37). The van der Waals surface area contributed by atoms with Gasteiger partial charge in [-0.25, -0.2) is 9.59 Å². The number of nitrogens with zero attached hydrogens (tertiary/aromatic N) is 1. The maximum atomic E-state index is 13.4. The number of hydrogen-bond donors (Lipinski definition) is 1. The monoisotopic (exact) mass is 621 g/mol. The average molecular weight is 622 g/mol. The molecule has 0 bridgehead atoms. The molecule has 8 nitrogen and oxygen atoms in total. The van der Waals surface area contributed by atoms with Gasteiger partial charge in [-0.3, -0.25) is 4.98 Å². The van der Waals surface area contributed by atoms with Gasteiger partial charge in [0, 0.05) is 18.8 Å². The minimum atomic E-state index is -3.06. The third kappa shape index (κ3) is 7.80. The van der Waals surface area contributed by atoms with Crippen molar-refractivity contribution in [3.63, 3.8) is 0 Å². The van der Waals surface area contributed by atoms with E-state index in [1.165, 1.54) is 48.8 Å². The number of hydrogen-bond acceptors (Lipinski definition) is 7. The van der Waals surface area contributed by atoms with Crippen LogP contribution in [0.2, 0.25) is 10.0 Å². The number of alkyl halides is 2. The van der Waals surface area contributed by atoms with Crippen LogP contribution in [0.15, 0.2) is 48.8 Å². The summed E-state index contributed by atoms with van der Waals surface area (Å²) in [6.45, 7) is -2.39. The lowest BCUT2D eigenvalue weighted by Crippen LogP contribution is -2.16. The van der Waals surface area contributed by atoms with Gasteiger partial charge in [0.25, 0.3) is 0 Å². The predicted molar refractivity (Wildman–Crippen MR) is 149 cm³/mol. The first-order chi connectivity index (χ1) is 20.2. The molecule has 1 atom stereocenters. The molecule has 1 unspecified atom stereocenters. The van der Waals surface area contributed by atoms with Crippen molar-refractivity contribution >= 4 is 35.1 Å². The predicted octanol–water partition coefficient (Wildman–Crippen LogP) is 7.41. The Kier molecular flexibility index (Phi) is 9.33. The second kappa shape index (κ2) is 13.1. The molecular weight excluding hydrogens is 595 g/mol. The van der Waals surface area contributed by atoms with Crippen LogP contribution < -0.4 is 14.2 Å². The molecule has 222 valence electrons. The number of carboxylic acids is 1. The normalized spacial score (nSPS) is 15.3. The molecule has 0 radical (unpaired) electrons. The van der Waals surface area contributed by atoms with Gasteiger partial charge in [0.2, 0.25) is 0 Å². The Morgan fingerprint density at radius 1 is 0.905 bits per heavy atom. The van der Waals surface area contributed by atoms with Crippen molar-refractivity contribution in [2.24, 2.45) is 11.8 Å². The lowest BCUT2D eigenvalue weighted by atomic mass is 10.0. The van der Waals surface area contributed by atoms with Gasteiger partial charge in [-0.1, -0.05) is 29.3 Å². The first-order valence-corrected chi connectivity index (χ1v) is 14.1. The van der Waals surface area contributed by atoms with Gasteiger partial charge in [-0.05, 0) is 79.0 Å². The second-order valence-corrected chi connectivity index (χ2v) is 11.1. The van der Waals surface area contributed by atoms with Gasteiger partial charge in [-0.2, -0.15) is 8.78 Å². The summed E-state index contributed by atoms with van der Waals surface area (Å²) in [5, 5.41) is 10.1. The van der Waals surface area contributed by atoms with E-state index in [2.05, 4.69) is 9.72 Å². The van der Waals surface area contributed by atoms with Gasteiger partial charge in [-0.15, -0.1) is 0 Å². The third-order valence-electron chi connectivity index (χ3n) is 6.94. The smallest absolute Gasteiger partial charge is 0.387 e. The third-order valence-corrected chi connectivity index (χ3v) is 7.59. The quantitative estimate of drug-likeness (QED) is 0.186. The molecule has 2 aromatic carbocycles. The van der Waals surface area contributed by atoms with Crippen molar-refractivity contribution in [1.82, 2.24) is 4.98 Å². The first-order valence-electron chi connectivity index (χ1n) is 13.4. The van der Waals surface area contributed by atoms with Crippen molar-refractivity contribution in [1.29, 1.82) is 0 Å². The molecule has 12 heteroatoms. The van der Waals surface area contributed by atoms with E-state index in [1.54, 1.807) is 0 Å². The maximum Gasteiger partial charge on any atom is 0.387 e. The number of esters is 1. The molecule has 0 saturated heterocycles. The zero-order valence-electron chi connectivity index (χ0n) is 22.2. The lowest BCUT2D eigenvalue weighted by molar-refractivity contribution is -0.0515. The summed E-state index contributed by atoms with van der Waals surface area (Å²) in [6.07, 6.45) is 5.78. The number of carboxylic acid groups (broad SMARTS) is 1. The van der Waals surface area contributed by atoms with Crippen molar-refractivity contribution in [3.8, 4) is 17.2 Å². The Hall–Kier alpha value is -3.63. The van der Waals surface area contributed by atoms with Crippen LogP contribution in [0.3, 0.4) is 0 Å². The van der Waals surface area contributed by atoms with E-state index >= 15 is 0 Å². The molecule has 1 heterocycles.